The fourth-order valence-corrected chi connectivity index (χ4v) is 4.62. The average molecular weight is 377 g/mol. The van der Waals surface area contributed by atoms with Gasteiger partial charge in [-0.05, 0) is 42.2 Å². The summed E-state index contributed by atoms with van der Waals surface area (Å²) in [5, 5.41) is 0. The van der Waals surface area contributed by atoms with Crippen LogP contribution in [0.3, 0.4) is 0 Å². The lowest BCUT2D eigenvalue weighted by Gasteiger charge is -2.33. The van der Waals surface area contributed by atoms with E-state index in [4.69, 9.17) is 4.42 Å². The molecule has 0 saturated carbocycles. The van der Waals surface area contributed by atoms with Gasteiger partial charge < -0.3 is 4.42 Å². The minimum absolute atomic E-state index is 0.0120. The van der Waals surface area contributed by atoms with Crippen LogP contribution in [0, 0.1) is 6.92 Å². The first-order chi connectivity index (χ1) is 12.2. The molecular weight excluding hydrogens is 348 g/mol. The Hall–Kier alpha value is -1.63. The van der Waals surface area contributed by atoms with Crippen LogP contribution in [0.2, 0.25) is 0 Å². The zero-order valence-corrected chi connectivity index (χ0v) is 16.8. The predicted molar refractivity (Wildman–Crippen MR) is 103 cm³/mol. The Labute approximate surface area is 156 Å². The second kappa shape index (κ2) is 7.18. The lowest BCUT2D eigenvalue weighted by atomic mass is 9.87. The highest BCUT2D eigenvalue weighted by Crippen LogP contribution is 2.25. The van der Waals surface area contributed by atoms with Gasteiger partial charge >= 0.3 is 0 Å². The second-order valence-electron chi connectivity index (χ2n) is 7.97. The third kappa shape index (κ3) is 4.19. The predicted octanol–water partition coefficient (Wildman–Crippen LogP) is 3.39. The maximum Gasteiger partial charge on any atom is 0.243 e. The molecule has 0 aliphatic carbocycles. The molecule has 1 aliphatic rings. The Morgan fingerprint density at radius 3 is 2.08 bits per heavy atom. The first kappa shape index (κ1) is 19.1. The molecule has 1 fully saturated rings. The molecule has 0 bridgehead atoms. The van der Waals surface area contributed by atoms with Gasteiger partial charge in [0, 0.05) is 26.2 Å². The van der Waals surface area contributed by atoms with Crippen LogP contribution >= 0.6 is 0 Å². The van der Waals surface area contributed by atoms with Gasteiger partial charge in [0.1, 0.15) is 11.5 Å². The van der Waals surface area contributed by atoms with E-state index in [-0.39, 0.29) is 5.41 Å². The number of benzene rings is 1. The summed E-state index contributed by atoms with van der Waals surface area (Å²) in [5.74, 6) is 1.83. The molecule has 3 rings (SSSR count). The molecule has 2 heterocycles. The molecule has 5 nitrogen and oxygen atoms in total. The molecule has 0 unspecified atom stereocenters. The van der Waals surface area contributed by atoms with E-state index in [1.807, 2.05) is 31.2 Å². The fraction of sp³-hybridized carbons (Fsp3) is 0.500. The highest BCUT2D eigenvalue weighted by atomic mass is 32.2. The monoisotopic (exact) mass is 376 g/mol. The van der Waals surface area contributed by atoms with Gasteiger partial charge in [-0.15, -0.1) is 0 Å². The van der Waals surface area contributed by atoms with Gasteiger partial charge in [0.05, 0.1) is 11.4 Å². The Morgan fingerprint density at radius 1 is 0.962 bits per heavy atom. The molecule has 142 valence electrons. The summed E-state index contributed by atoms with van der Waals surface area (Å²) >= 11 is 0. The van der Waals surface area contributed by atoms with Gasteiger partial charge in [0.25, 0.3) is 0 Å². The number of sulfonamides is 1. The molecule has 1 saturated heterocycles. The summed E-state index contributed by atoms with van der Waals surface area (Å²) in [5.41, 5.74) is 1.15. The van der Waals surface area contributed by atoms with Crippen molar-refractivity contribution in [2.24, 2.45) is 0 Å². The third-order valence-corrected chi connectivity index (χ3v) is 6.78. The Morgan fingerprint density at radius 2 is 1.58 bits per heavy atom. The third-order valence-electron chi connectivity index (χ3n) is 4.86. The van der Waals surface area contributed by atoms with Gasteiger partial charge in [-0.2, -0.15) is 4.31 Å². The number of rotatable bonds is 4. The van der Waals surface area contributed by atoms with Gasteiger partial charge in [-0.25, -0.2) is 8.42 Å². The minimum atomic E-state index is -3.43. The average Bonchev–Trinajstić information content (AvgIpc) is 2.99. The number of piperazine rings is 1. The van der Waals surface area contributed by atoms with Crippen molar-refractivity contribution in [2.75, 3.05) is 26.2 Å². The van der Waals surface area contributed by atoms with Gasteiger partial charge in [0.15, 0.2) is 0 Å². The Balaban J connectivity index is 1.64. The first-order valence-corrected chi connectivity index (χ1v) is 10.5. The SMILES string of the molecule is Cc1ccc(CN2CCN(S(=O)(=O)c3ccc(C(C)(C)C)cc3)CC2)o1. The number of hydrogen-bond donors (Lipinski definition) is 0. The lowest BCUT2D eigenvalue weighted by molar-refractivity contribution is 0.170. The van der Waals surface area contributed by atoms with E-state index in [0.29, 0.717) is 31.1 Å². The highest BCUT2D eigenvalue weighted by Gasteiger charge is 2.29. The van der Waals surface area contributed by atoms with Crippen molar-refractivity contribution >= 4 is 10.0 Å². The molecule has 0 atom stereocenters. The van der Waals surface area contributed by atoms with Crippen LogP contribution in [0.5, 0.6) is 0 Å². The Kier molecular flexibility index (Phi) is 5.28. The zero-order chi connectivity index (χ0) is 18.9. The van der Waals surface area contributed by atoms with E-state index >= 15 is 0 Å². The molecule has 1 aromatic heterocycles. The minimum Gasteiger partial charge on any atom is -0.465 e. The van der Waals surface area contributed by atoms with Crippen LogP contribution < -0.4 is 0 Å². The normalized spacial score (nSPS) is 17.5. The van der Waals surface area contributed by atoms with Crippen LogP contribution in [0.4, 0.5) is 0 Å². The van der Waals surface area contributed by atoms with E-state index in [1.165, 1.54) is 0 Å². The highest BCUT2D eigenvalue weighted by molar-refractivity contribution is 7.89. The van der Waals surface area contributed by atoms with Crippen molar-refractivity contribution in [2.45, 2.75) is 44.6 Å². The summed E-state index contributed by atoms with van der Waals surface area (Å²) < 4.78 is 33.0. The maximum absolute atomic E-state index is 12.9. The smallest absolute Gasteiger partial charge is 0.243 e. The Bertz CT molecular complexity index is 840. The van der Waals surface area contributed by atoms with Crippen LogP contribution in [0.15, 0.2) is 45.7 Å². The van der Waals surface area contributed by atoms with Crippen molar-refractivity contribution in [3.05, 3.63) is 53.5 Å². The number of hydrogen-bond acceptors (Lipinski definition) is 4. The van der Waals surface area contributed by atoms with E-state index in [1.54, 1.807) is 16.4 Å². The van der Waals surface area contributed by atoms with Crippen LogP contribution in [-0.2, 0) is 22.0 Å². The lowest BCUT2D eigenvalue weighted by Crippen LogP contribution is -2.48. The molecule has 6 heteroatoms. The standard InChI is InChI=1S/C20H28N2O3S/c1-16-5-8-18(25-16)15-21-11-13-22(14-12-21)26(23,24)19-9-6-17(7-10-19)20(2,3)4/h5-10H,11-15H2,1-4H3. The number of aryl methyl sites for hydroxylation is 1. The molecule has 2 aromatic rings. The fourth-order valence-electron chi connectivity index (χ4n) is 3.19. The maximum atomic E-state index is 12.9. The molecule has 1 aromatic carbocycles. The van der Waals surface area contributed by atoms with E-state index in [9.17, 15) is 8.42 Å². The van der Waals surface area contributed by atoms with Crippen molar-refractivity contribution in [3.63, 3.8) is 0 Å². The zero-order valence-electron chi connectivity index (χ0n) is 16.0. The van der Waals surface area contributed by atoms with Crippen LogP contribution in [0.1, 0.15) is 37.9 Å². The van der Waals surface area contributed by atoms with Crippen LogP contribution in [-0.4, -0.2) is 43.8 Å². The molecule has 1 aliphatic heterocycles. The molecule has 0 N–H and O–H groups in total. The van der Waals surface area contributed by atoms with Crippen molar-refractivity contribution in [1.29, 1.82) is 0 Å². The summed E-state index contributed by atoms with van der Waals surface area (Å²) in [4.78, 5) is 2.60. The summed E-state index contributed by atoms with van der Waals surface area (Å²) in [6, 6.07) is 11.2. The van der Waals surface area contributed by atoms with E-state index in [0.717, 1.165) is 23.6 Å². The van der Waals surface area contributed by atoms with Crippen molar-refractivity contribution in [1.82, 2.24) is 9.21 Å². The topological polar surface area (TPSA) is 53.8 Å². The molecule has 26 heavy (non-hydrogen) atoms. The summed E-state index contributed by atoms with van der Waals surface area (Å²) in [7, 11) is -3.43. The summed E-state index contributed by atoms with van der Waals surface area (Å²) in [6.07, 6.45) is 0. The first-order valence-electron chi connectivity index (χ1n) is 9.05. The van der Waals surface area contributed by atoms with Gasteiger partial charge in [-0.1, -0.05) is 32.9 Å². The molecule has 0 radical (unpaired) electrons. The van der Waals surface area contributed by atoms with E-state index < -0.39 is 10.0 Å². The van der Waals surface area contributed by atoms with Crippen molar-refractivity contribution < 1.29 is 12.8 Å². The second-order valence-corrected chi connectivity index (χ2v) is 9.90. The van der Waals surface area contributed by atoms with Gasteiger partial charge in [-0.3, -0.25) is 4.90 Å². The van der Waals surface area contributed by atoms with Gasteiger partial charge in [0.2, 0.25) is 10.0 Å². The summed E-state index contributed by atoms with van der Waals surface area (Å²) in [6.45, 7) is 11.4. The van der Waals surface area contributed by atoms with E-state index in [2.05, 4.69) is 25.7 Å². The number of furan rings is 1. The molecular formula is C20H28N2O3S. The molecule has 0 amide bonds. The largest absolute Gasteiger partial charge is 0.465 e. The van der Waals surface area contributed by atoms with Crippen LogP contribution in [0.25, 0.3) is 0 Å². The van der Waals surface area contributed by atoms with Crippen molar-refractivity contribution in [3.8, 4) is 0 Å². The molecule has 0 spiro atoms. The quantitative estimate of drug-likeness (QED) is 0.821. The number of nitrogens with zero attached hydrogens (tertiary/aromatic N) is 2.